The van der Waals surface area contributed by atoms with E-state index < -0.39 is 18.0 Å². The van der Waals surface area contributed by atoms with Gasteiger partial charge < -0.3 is 20.1 Å². The monoisotopic (exact) mass is 496 g/mol. The second-order valence-electron chi connectivity index (χ2n) is 7.98. The number of halogens is 4. The minimum absolute atomic E-state index is 0.00734. The third-order valence-electron chi connectivity index (χ3n) is 5.59. The summed E-state index contributed by atoms with van der Waals surface area (Å²) in [4.78, 5) is 31.8. The molecule has 35 heavy (non-hydrogen) atoms. The second kappa shape index (κ2) is 10.7. The third kappa shape index (κ3) is 6.47. The van der Waals surface area contributed by atoms with Gasteiger partial charge in [0.25, 0.3) is 5.91 Å². The average Bonchev–Trinajstić information content (AvgIpc) is 3.24. The van der Waals surface area contributed by atoms with Gasteiger partial charge >= 0.3 is 12.1 Å². The number of hydrogen-bond acceptors (Lipinski definition) is 5. The SMILES string of the molecule is COc1ccc(C(=O)N[C@@H]2CCN(C)[C@@H](c3nc4ccccc4[nH]3)C2)cc1F.O=C(O)C(F)(F)F. The Hall–Kier alpha value is -3.67. The number of ether oxygens (including phenoxy) is 1. The van der Waals surface area contributed by atoms with Gasteiger partial charge in [0.1, 0.15) is 5.82 Å². The molecule has 1 aliphatic rings. The lowest BCUT2D eigenvalue weighted by Gasteiger charge is -2.36. The summed E-state index contributed by atoms with van der Waals surface area (Å²) in [5.41, 5.74) is 2.23. The summed E-state index contributed by atoms with van der Waals surface area (Å²) < 4.78 is 50.5. The van der Waals surface area contributed by atoms with Gasteiger partial charge in [-0.25, -0.2) is 14.2 Å². The summed E-state index contributed by atoms with van der Waals surface area (Å²) in [6.45, 7) is 0.837. The number of nitrogens with one attached hydrogen (secondary N) is 2. The largest absolute Gasteiger partial charge is 0.494 e. The number of carboxylic acid groups (broad SMARTS) is 1. The third-order valence-corrected chi connectivity index (χ3v) is 5.59. The van der Waals surface area contributed by atoms with Crippen molar-refractivity contribution in [2.24, 2.45) is 0 Å². The molecule has 0 aliphatic carbocycles. The van der Waals surface area contributed by atoms with E-state index in [-0.39, 0.29) is 29.3 Å². The molecule has 12 heteroatoms. The number of carboxylic acids is 1. The number of amides is 1. The first-order valence-electron chi connectivity index (χ1n) is 10.6. The predicted octanol–water partition coefficient (Wildman–Crippen LogP) is 3.91. The Morgan fingerprint density at radius 3 is 2.51 bits per heavy atom. The van der Waals surface area contributed by atoms with E-state index >= 15 is 0 Å². The number of hydrogen-bond donors (Lipinski definition) is 3. The molecule has 188 valence electrons. The van der Waals surface area contributed by atoms with Crippen molar-refractivity contribution in [3.05, 3.63) is 59.7 Å². The second-order valence-corrected chi connectivity index (χ2v) is 7.98. The highest BCUT2D eigenvalue weighted by molar-refractivity contribution is 5.94. The smallest absolute Gasteiger partial charge is 0.490 e. The maximum Gasteiger partial charge on any atom is 0.490 e. The summed E-state index contributed by atoms with van der Waals surface area (Å²) in [7, 11) is 3.46. The van der Waals surface area contributed by atoms with E-state index in [9.17, 15) is 22.4 Å². The number of nitrogens with zero attached hydrogens (tertiary/aromatic N) is 2. The van der Waals surface area contributed by atoms with Crippen molar-refractivity contribution in [2.45, 2.75) is 31.1 Å². The topological polar surface area (TPSA) is 108 Å². The number of aromatic amines is 1. The van der Waals surface area contributed by atoms with Crippen LogP contribution < -0.4 is 10.1 Å². The van der Waals surface area contributed by atoms with E-state index in [0.29, 0.717) is 0 Å². The number of para-hydroxylation sites is 2. The molecule has 3 aromatic rings. The first-order chi connectivity index (χ1) is 16.5. The number of fused-ring (bicyclic) bond motifs is 1. The fraction of sp³-hybridized carbons (Fsp3) is 0.348. The molecule has 8 nitrogen and oxygen atoms in total. The van der Waals surface area contributed by atoms with Crippen LogP contribution in [-0.4, -0.2) is 64.8 Å². The van der Waals surface area contributed by atoms with Crippen LogP contribution in [0.1, 0.15) is 35.1 Å². The zero-order chi connectivity index (χ0) is 25.8. The number of likely N-dealkylation sites (tertiary alicyclic amines) is 1. The molecule has 2 heterocycles. The van der Waals surface area contributed by atoms with E-state index in [2.05, 4.69) is 22.2 Å². The zero-order valence-corrected chi connectivity index (χ0v) is 18.9. The van der Waals surface area contributed by atoms with Crippen molar-refractivity contribution in [1.29, 1.82) is 0 Å². The Kier molecular flexibility index (Phi) is 7.95. The van der Waals surface area contributed by atoms with Crippen LogP contribution in [0.5, 0.6) is 5.75 Å². The zero-order valence-electron chi connectivity index (χ0n) is 18.9. The molecule has 1 fully saturated rings. The van der Waals surface area contributed by atoms with Crippen molar-refractivity contribution in [3.63, 3.8) is 0 Å². The Morgan fingerprint density at radius 1 is 1.23 bits per heavy atom. The molecular weight excluding hydrogens is 472 g/mol. The number of methoxy groups -OCH3 is 1. The van der Waals surface area contributed by atoms with Gasteiger partial charge in [0.2, 0.25) is 0 Å². The van der Waals surface area contributed by atoms with Crippen molar-refractivity contribution in [3.8, 4) is 5.75 Å². The summed E-state index contributed by atoms with van der Waals surface area (Å²) >= 11 is 0. The maximum atomic E-state index is 13.9. The molecular formula is C23H24F4N4O4. The van der Waals surface area contributed by atoms with Crippen LogP contribution in [0.2, 0.25) is 0 Å². The van der Waals surface area contributed by atoms with Gasteiger partial charge in [-0.15, -0.1) is 0 Å². The number of carbonyl (C=O) groups excluding carboxylic acids is 1. The molecule has 1 amide bonds. The number of imidazole rings is 1. The molecule has 1 saturated heterocycles. The highest BCUT2D eigenvalue weighted by Gasteiger charge is 2.38. The Morgan fingerprint density at radius 2 is 1.91 bits per heavy atom. The van der Waals surface area contributed by atoms with Crippen LogP contribution in [0.3, 0.4) is 0 Å². The Bertz CT molecular complexity index is 1160. The number of H-pyrrole nitrogens is 1. The molecule has 0 saturated carbocycles. The number of rotatable bonds is 4. The average molecular weight is 496 g/mol. The van der Waals surface area contributed by atoms with Gasteiger partial charge in [-0.1, -0.05) is 12.1 Å². The number of benzene rings is 2. The number of aliphatic carboxylic acids is 1. The summed E-state index contributed by atoms with van der Waals surface area (Å²) in [5, 5.41) is 10.2. The first kappa shape index (κ1) is 25.9. The molecule has 1 aliphatic heterocycles. The van der Waals surface area contributed by atoms with Crippen molar-refractivity contribution in [1.82, 2.24) is 20.2 Å². The van der Waals surface area contributed by atoms with Gasteiger partial charge in [-0.2, -0.15) is 13.2 Å². The van der Waals surface area contributed by atoms with Crippen molar-refractivity contribution >= 4 is 22.9 Å². The number of aromatic nitrogens is 2. The number of alkyl halides is 3. The summed E-state index contributed by atoms with van der Waals surface area (Å²) in [6.07, 6.45) is -3.52. The van der Waals surface area contributed by atoms with Gasteiger partial charge in [0, 0.05) is 18.2 Å². The molecule has 2 aromatic carbocycles. The van der Waals surface area contributed by atoms with E-state index in [1.165, 1.54) is 19.2 Å². The van der Waals surface area contributed by atoms with E-state index in [1.54, 1.807) is 6.07 Å². The summed E-state index contributed by atoms with van der Waals surface area (Å²) in [5.74, 6) is -2.55. The minimum Gasteiger partial charge on any atom is -0.494 e. The van der Waals surface area contributed by atoms with E-state index in [1.807, 2.05) is 24.3 Å². The fourth-order valence-corrected chi connectivity index (χ4v) is 3.74. The van der Waals surface area contributed by atoms with Crippen molar-refractivity contribution < 1.29 is 37.0 Å². The highest BCUT2D eigenvalue weighted by Crippen LogP contribution is 2.29. The quantitative estimate of drug-likeness (QED) is 0.473. The number of piperidine rings is 1. The van der Waals surface area contributed by atoms with Gasteiger partial charge in [0.05, 0.1) is 24.2 Å². The fourth-order valence-electron chi connectivity index (χ4n) is 3.74. The number of carbonyl (C=O) groups is 2. The normalized spacial score (nSPS) is 18.5. The summed E-state index contributed by atoms with van der Waals surface area (Å²) in [6, 6.07) is 12.3. The molecule has 0 bridgehead atoms. The first-order valence-corrected chi connectivity index (χ1v) is 10.6. The van der Waals surface area contributed by atoms with E-state index in [4.69, 9.17) is 19.6 Å². The van der Waals surface area contributed by atoms with E-state index in [0.717, 1.165) is 36.2 Å². The van der Waals surface area contributed by atoms with Crippen molar-refractivity contribution in [2.75, 3.05) is 20.7 Å². The van der Waals surface area contributed by atoms with Crippen LogP contribution in [0.15, 0.2) is 42.5 Å². The van der Waals surface area contributed by atoms with Crippen LogP contribution in [0, 0.1) is 5.82 Å². The molecule has 4 rings (SSSR count). The maximum absolute atomic E-state index is 13.9. The van der Waals surface area contributed by atoms with Gasteiger partial charge in [-0.05, 0) is 50.2 Å². The van der Waals surface area contributed by atoms with Crippen LogP contribution >= 0.6 is 0 Å². The van der Waals surface area contributed by atoms with Crippen LogP contribution in [0.4, 0.5) is 17.6 Å². The predicted molar refractivity (Wildman–Crippen MR) is 119 cm³/mol. The molecule has 0 unspecified atom stereocenters. The molecule has 1 aromatic heterocycles. The lowest BCUT2D eigenvalue weighted by Crippen LogP contribution is -2.45. The van der Waals surface area contributed by atoms with Crippen LogP contribution in [-0.2, 0) is 4.79 Å². The molecule has 2 atom stereocenters. The highest BCUT2D eigenvalue weighted by atomic mass is 19.4. The molecule has 0 spiro atoms. The standard InChI is InChI=1S/C21H23FN4O2.C2HF3O2/c1-26-10-9-14(23-21(27)13-7-8-19(28-2)15(22)11-13)12-18(26)20-24-16-5-3-4-6-17(16)25-20;3-2(4,5)1(6)7/h3-8,11,14,18H,9-10,12H2,1-2H3,(H,23,27)(H,24,25);(H,6,7)/t14-,18-;/m1./s1. The lowest BCUT2D eigenvalue weighted by molar-refractivity contribution is -0.192. The minimum atomic E-state index is -5.08. The molecule has 3 N–H and O–H groups in total. The molecule has 0 radical (unpaired) electrons. The van der Waals surface area contributed by atoms with Gasteiger partial charge in [-0.3, -0.25) is 9.69 Å². The lowest BCUT2D eigenvalue weighted by atomic mass is 9.96. The van der Waals surface area contributed by atoms with Gasteiger partial charge in [0.15, 0.2) is 11.6 Å². The van der Waals surface area contributed by atoms with Crippen LogP contribution in [0.25, 0.3) is 11.0 Å². The Balaban J connectivity index is 0.000000429. The Labute approximate surface area is 197 Å².